The number of likely N-dealkylation sites (tertiary alicyclic amines) is 1. The summed E-state index contributed by atoms with van der Waals surface area (Å²) in [7, 11) is 0. The molecule has 6 heteroatoms. The summed E-state index contributed by atoms with van der Waals surface area (Å²) in [6.07, 6.45) is -3.30. The molecule has 94 valence electrons. The molecule has 16 heavy (non-hydrogen) atoms. The highest BCUT2D eigenvalue weighted by molar-refractivity contribution is 5.87. The van der Waals surface area contributed by atoms with E-state index in [1.54, 1.807) is 13.8 Å². The van der Waals surface area contributed by atoms with Crippen LogP contribution in [0.15, 0.2) is 0 Å². The summed E-state index contributed by atoms with van der Waals surface area (Å²) >= 11 is 0. The third kappa shape index (κ3) is 2.03. The molecule has 0 spiro atoms. The Labute approximate surface area is 92.8 Å². The number of amides is 1. The molecule has 3 nitrogen and oxygen atoms in total. The minimum Gasteiger partial charge on any atom is -0.336 e. The number of hydrogen-bond acceptors (Lipinski definition) is 2. The molecule has 0 aromatic rings. The molecule has 0 aliphatic carbocycles. The van der Waals surface area contributed by atoms with Crippen molar-refractivity contribution < 1.29 is 18.0 Å². The highest BCUT2D eigenvalue weighted by Gasteiger charge is 2.57. The second-order valence-corrected chi connectivity index (χ2v) is 5.07. The highest BCUT2D eigenvalue weighted by Crippen LogP contribution is 2.35. The van der Waals surface area contributed by atoms with Crippen molar-refractivity contribution in [2.75, 3.05) is 6.54 Å². The van der Waals surface area contributed by atoms with Crippen LogP contribution in [0.2, 0.25) is 0 Å². The Bertz CT molecular complexity index is 297. The van der Waals surface area contributed by atoms with E-state index in [1.807, 2.05) is 0 Å². The van der Waals surface area contributed by atoms with Gasteiger partial charge in [-0.3, -0.25) is 4.79 Å². The first-order valence-corrected chi connectivity index (χ1v) is 5.18. The van der Waals surface area contributed by atoms with E-state index in [0.29, 0.717) is 19.4 Å². The highest BCUT2D eigenvalue weighted by atomic mass is 19.4. The molecule has 1 saturated heterocycles. The number of carbonyl (C=O) groups excluding carboxylic acids is 1. The lowest BCUT2D eigenvalue weighted by Crippen LogP contribution is -2.64. The van der Waals surface area contributed by atoms with Crippen LogP contribution in [0.25, 0.3) is 0 Å². The van der Waals surface area contributed by atoms with Crippen LogP contribution in [0.1, 0.15) is 33.6 Å². The molecule has 0 bridgehead atoms. The van der Waals surface area contributed by atoms with Crippen molar-refractivity contribution in [2.45, 2.75) is 50.9 Å². The number of halogens is 3. The molecule has 1 fully saturated rings. The Kier molecular flexibility index (Phi) is 3.00. The van der Waals surface area contributed by atoms with Gasteiger partial charge in [0.05, 0.1) is 0 Å². The Morgan fingerprint density at radius 2 is 1.88 bits per heavy atom. The first-order valence-electron chi connectivity index (χ1n) is 5.18. The Morgan fingerprint density at radius 1 is 1.38 bits per heavy atom. The lowest BCUT2D eigenvalue weighted by Gasteiger charge is -2.38. The maximum atomic E-state index is 12.6. The van der Waals surface area contributed by atoms with Crippen molar-refractivity contribution in [3.63, 3.8) is 0 Å². The Hall–Kier alpha value is -0.780. The molecular formula is C10H17F3N2O. The number of alkyl halides is 3. The zero-order valence-electron chi connectivity index (χ0n) is 9.69. The molecule has 2 N–H and O–H groups in total. The summed E-state index contributed by atoms with van der Waals surface area (Å²) in [4.78, 5) is 13.0. The Morgan fingerprint density at radius 3 is 2.19 bits per heavy atom. The molecule has 1 aliphatic rings. The standard InChI is InChI=1S/C10H17F3N2O/c1-8(2)5-4-6-15(8)7(16)9(3,14)10(11,12)13/h4-6,14H2,1-3H3. The van der Waals surface area contributed by atoms with Crippen LogP contribution < -0.4 is 5.73 Å². The van der Waals surface area contributed by atoms with Gasteiger partial charge in [0.2, 0.25) is 0 Å². The van der Waals surface area contributed by atoms with E-state index in [2.05, 4.69) is 0 Å². The normalized spacial score (nSPS) is 24.3. The van der Waals surface area contributed by atoms with Gasteiger partial charge in [0.25, 0.3) is 5.91 Å². The second kappa shape index (κ2) is 3.61. The fraction of sp³-hybridized carbons (Fsp3) is 0.900. The molecule has 0 saturated carbocycles. The van der Waals surface area contributed by atoms with Crippen molar-refractivity contribution >= 4 is 5.91 Å². The largest absolute Gasteiger partial charge is 0.415 e. The number of carbonyl (C=O) groups is 1. The van der Waals surface area contributed by atoms with Crippen molar-refractivity contribution in [3.05, 3.63) is 0 Å². The quantitative estimate of drug-likeness (QED) is 0.755. The molecule has 1 amide bonds. The Balaban J connectivity index is 2.95. The van der Waals surface area contributed by atoms with Crippen molar-refractivity contribution in [1.29, 1.82) is 0 Å². The van der Waals surface area contributed by atoms with Gasteiger partial charge in [-0.25, -0.2) is 0 Å². The number of nitrogens with two attached hydrogens (primary N) is 1. The van der Waals surface area contributed by atoms with E-state index >= 15 is 0 Å². The van der Waals surface area contributed by atoms with E-state index in [-0.39, 0.29) is 0 Å². The van der Waals surface area contributed by atoms with Gasteiger partial charge in [0.1, 0.15) is 0 Å². The average Bonchev–Trinajstić information content (AvgIpc) is 2.41. The molecule has 1 rings (SSSR count). The maximum absolute atomic E-state index is 12.6. The SMILES string of the molecule is CC1(C)CCCN1C(=O)C(C)(N)C(F)(F)F. The van der Waals surface area contributed by atoms with Crippen molar-refractivity contribution in [2.24, 2.45) is 5.73 Å². The molecule has 1 aliphatic heterocycles. The molecule has 1 atom stereocenters. The van der Waals surface area contributed by atoms with E-state index in [4.69, 9.17) is 5.73 Å². The molecule has 1 heterocycles. The van der Waals surface area contributed by atoms with Gasteiger partial charge in [-0.15, -0.1) is 0 Å². The minimum atomic E-state index is -4.72. The second-order valence-electron chi connectivity index (χ2n) is 5.07. The predicted octanol–water partition coefficient (Wildman–Crippen LogP) is 1.67. The summed E-state index contributed by atoms with van der Waals surface area (Å²) in [6.45, 7) is 4.58. The summed E-state index contributed by atoms with van der Waals surface area (Å²) in [5.74, 6) is -1.04. The summed E-state index contributed by atoms with van der Waals surface area (Å²) in [5.41, 5.74) is 1.79. The fourth-order valence-corrected chi connectivity index (χ4v) is 1.89. The van der Waals surface area contributed by atoms with Crippen LogP contribution >= 0.6 is 0 Å². The van der Waals surface area contributed by atoms with Gasteiger partial charge < -0.3 is 10.6 Å². The van der Waals surface area contributed by atoms with Gasteiger partial charge in [-0.2, -0.15) is 13.2 Å². The average molecular weight is 238 g/mol. The van der Waals surface area contributed by atoms with Crippen LogP contribution in [0.4, 0.5) is 13.2 Å². The number of hydrogen-bond donors (Lipinski definition) is 1. The third-order valence-corrected chi connectivity index (χ3v) is 3.18. The van der Waals surface area contributed by atoms with Crippen LogP contribution in [0.3, 0.4) is 0 Å². The monoisotopic (exact) mass is 238 g/mol. The zero-order chi connectivity index (χ0) is 12.8. The maximum Gasteiger partial charge on any atom is 0.415 e. The van der Waals surface area contributed by atoms with Gasteiger partial charge in [-0.05, 0) is 33.6 Å². The van der Waals surface area contributed by atoms with Gasteiger partial charge in [0.15, 0.2) is 5.54 Å². The summed E-state index contributed by atoms with van der Waals surface area (Å²) < 4.78 is 37.8. The fourth-order valence-electron chi connectivity index (χ4n) is 1.89. The molecule has 0 aromatic heterocycles. The van der Waals surface area contributed by atoms with E-state index in [1.165, 1.54) is 4.90 Å². The third-order valence-electron chi connectivity index (χ3n) is 3.18. The van der Waals surface area contributed by atoms with Crippen LogP contribution in [-0.4, -0.2) is 34.6 Å². The van der Waals surface area contributed by atoms with E-state index in [0.717, 1.165) is 6.92 Å². The lowest BCUT2D eigenvalue weighted by atomic mass is 9.96. The molecule has 1 unspecified atom stereocenters. The van der Waals surface area contributed by atoms with Crippen molar-refractivity contribution in [3.8, 4) is 0 Å². The first kappa shape index (κ1) is 13.3. The zero-order valence-corrected chi connectivity index (χ0v) is 9.69. The predicted molar refractivity (Wildman–Crippen MR) is 53.7 cm³/mol. The van der Waals surface area contributed by atoms with Gasteiger partial charge in [-0.1, -0.05) is 0 Å². The number of nitrogens with zero attached hydrogens (tertiary/aromatic N) is 1. The van der Waals surface area contributed by atoms with Crippen LogP contribution in [0.5, 0.6) is 0 Å². The van der Waals surface area contributed by atoms with E-state index < -0.39 is 23.2 Å². The van der Waals surface area contributed by atoms with Gasteiger partial charge >= 0.3 is 6.18 Å². The molecule has 0 aromatic carbocycles. The molecular weight excluding hydrogens is 221 g/mol. The lowest BCUT2D eigenvalue weighted by molar-refractivity contribution is -0.195. The van der Waals surface area contributed by atoms with Crippen molar-refractivity contribution in [1.82, 2.24) is 4.90 Å². The topological polar surface area (TPSA) is 46.3 Å². The van der Waals surface area contributed by atoms with Crippen LogP contribution in [0, 0.1) is 0 Å². The molecule has 0 radical (unpaired) electrons. The number of rotatable bonds is 1. The van der Waals surface area contributed by atoms with E-state index in [9.17, 15) is 18.0 Å². The minimum absolute atomic E-state index is 0.342. The van der Waals surface area contributed by atoms with Crippen LogP contribution in [-0.2, 0) is 4.79 Å². The smallest absolute Gasteiger partial charge is 0.336 e. The van der Waals surface area contributed by atoms with Gasteiger partial charge in [0, 0.05) is 12.1 Å². The first-order chi connectivity index (χ1) is 7.00. The summed E-state index contributed by atoms with van der Waals surface area (Å²) in [6, 6.07) is 0. The summed E-state index contributed by atoms with van der Waals surface area (Å²) in [5, 5.41) is 0.